The number of amides is 1. The highest BCUT2D eigenvalue weighted by atomic mass is 32.2. The number of piperidine rings is 1. The van der Waals surface area contributed by atoms with Crippen LogP contribution in [0.15, 0.2) is 47.4 Å². The van der Waals surface area contributed by atoms with Gasteiger partial charge in [0.05, 0.1) is 9.82 Å². The number of hydrogen-bond acceptors (Lipinski definition) is 6. The van der Waals surface area contributed by atoms with Crippen LogP contribution in [0.4, 0.5) is 17.1 Å². The summed E-state index contributed by atoms with van der Waals surface area (Å²) in [5.74, 6) is -0.526. The van der Waals surface area contributed by atoms with E-state index in [2.05, 4.69) is 10.6 Å². The second-order valence-electron chi connectivity index (χ2n) is 6.68. The Morgan fingerprint density at radius 2 is 1.72 bits per heavy atom. The van der Waals surface area contributed by atoms with E-state index in [1.807, 2.05) is 0 Å². The molecule has 0 unspecified atom stereocenters. The SMILES string of the molecule is CNc1ccc(C(=O)Nc2ccc(S(=O)(=O)N3CCCCC3)cc2)cc1[N+](=O)[O-]. The maximum Gasteiger partial charge on any atom is 0.293 e. The number of nitrogens with zero attached hydrogens (tertiary/aromatic N) is 2. The Bertz CT molecular complexity index is 1020. The minimum absolute atomic E-state index is 0.126. The number of nitro benzene ring substituents is 1. The normalized spacial score (nSPS) is 14.9. The van der Waals surface area contributed by atoms with E-state index in [9.17, 15) is 23.3 Å². The third kappa shape index (κ3) is 4.54. The number of anilines is 2. The van der Waals surface area contributed by atoms with E-state index in [4.69, 9.17) is 0 Å². The number of rotatable bonds is 6. The molecule has 0 atom stereocenters. The largest absolute Gasteiger partial charge is 0.383 e. The zero-order chi connectivity index (χ0) is 21.0. The van der Waals surface area contributed by atoms with Crippen molar-refractivity contribution in [3.8, 4) is 0 Å². The minimum Gasteiger partial charge on any atom is -0.383 e. The molecule has 1 heterocycles. The van der Waals surface area contributed by atoms with Gasteiger partial charge in [-0.1, -0.05) is 6.42 Å². The Kier molecular flexibility index (Phi) is 6.14. The fourth-order valence-corrected chi connectivity index (χ4v) is 4.72. The lowest BCUT2D eigenvalue weighted by Crippen LogP contribution is -2.35. The average molecular weight is 418 g/mol. The molecule has 3 rings (SSSR count). The van der Waals surface area contributed by atoms with Crippen molar-refractivity contribution in [1.29, 1.82) is 0 Å². The molecule has 2 N–H and O–H groups in total. The lowest BCUT2D eigenvalue weighted by molar-refractivity contribution is -0.384. The summed E-state index contributed by atoms with van der Waals surface area (Å²) in [5, 5.41) is 16.5. The van der Waals surface area contributed by atoms with Gasteiger partial charge in [-0.3, -0.25) is 14.9 Å². The molecule has 0 bridgehead atoms. The predicted molar refractivity (Wildman–Crippen MR) is 110 cm³/mol. The molecular weight excluding hydrogens is 396 g/mol. The zero-order valence-electron chi connectivity index (χ0n) is 15.9. The van der Waals surface area contributed by atoms with Crippen LogP contribution in [0, 0.1) is 10.1 Å². The average Bonchev–Trinajstić information content (AvgIpc) is 2.74. The molecule has 10 heteroatoms. The number of carbonyl (C=O) groups is 1. The monoisotopic (exact) mass is 418 g/mol. The molecule has 0 radical (unpaired) electrons. The first kappa shape index (κ1) is 20.7. The van der Waals surface area contributed by atoms with Crippen LogP contribution in [0.1, 0.15) is 29.6 Å². The van der Waals surface area contributed by atoms with Crippen molar-refractivity contribution in [1.82, 2.24) is 4.31 Å². The van der Waals surface area contributed by atoms with E-state index >= 15 is 0 Å². The molecule has 2 aromatic rings. The van der Waals surface area contributed by atoms with Gasteiger partial charge in [0, 0.05) is 37.5 Å². The van der Waals surface area contributed by atoms with Crippen LogP contribution in [0.5, 0.6) is 0 Å². The first-order chi connectivity index (χ1) is 13.8. The van der Waals surface area contributed by atoms with Gasteiger partial charge in [-0.25, -0.2) is 8.42 Å². The topological polar surface area (TPSA) is 122 Å². The van der Waals surface area contributed by atoms with E-state index in [0.717, 1.165) is 19.3 Å². The summed E-state index contributed by atoms with van der Waals surface area (Å²) in [5.41, 5.74) is 0.621. The number of sulfonamides is 1. The molecule has 0 spiro atoms. The van der Waals surface area contributed by atoms with Crippen molar-refractivity contribution < 1.29 is 18.1 Å². The first-order valence-corrected chi connectivity index (χ1v) is 10.6. The summed E-state index contributed by atoms with van der Waals surface area (Å²) in [6.07, 6.45) is 2.74. The quantitative estimate of drug-likeness (QED) is 0.549. The van der Waals surface area contributed by atoms with Crippen molar-refractivity contribution in [2.24, 2.45) is 0 Å². The van der Waals surface area contributed by atoms with Gasteiger partial charge in [0.15, 0.2) is 0 Å². The third-order valence-corrected chi connectivity index (χ3v) is 6.70. The zero-order valence-corrected chi connectivity index (χ0v) is 16.7. The minimum atomic E-state index is -3.54. The van der Waals surface area contributed by atoms with Crippen molar-refractivity contribution in [3.05, 3.63) is 58.1 Å². The summed E-state index contributed by atoms with van der Waals surface area (Å²) >= 11 is 0. The van der Waals surface area contributed by atoms with Crippen molar-refractivity contribution >= 4 is 33.0 Å². The van der Waals surface area contributed by atoms with Crippen LogP contribution in [0.25, 0.3) is 0 Å². The van der Waals surface area contributed by atoms with Gasteiger partial charge < -0.3 is 10.6 Å². The summed E-state index contributed by atoms with van der Waals surface area (Å²) in [4.78, 5) is 23.2. The van der Waals surface area contributed by atoms with Crippen LogP contribution in [-0.2, 0) is 10.0 Å². The maximum atomic E-state index is 12.7. The molecule has 29 heavy (non-hydrogen) atoms. The molecule has 2 aromatic carbocycles. The van der Waals surface area contributed by atoms with Crippen LogP contribution in [0.2, 0.25) is 0 Å². The summed E-state index contributed by atoms with van der Waals surface area (Å²) in [7, 11) is -1.99. The van der Waals surface area contributed by atoms with Gasteiger partial charge in [0.1, 0.15) is 5.69 Å². The van der Waals surface area contributed by atoms with Gasteiger partial charge in [-0.15, -0.1) is 0 Å². The molecule has 0 saturated carbocycles. The van der Waals surface area contributed by atoms with Gasteiger partial charge >= 0.3 is 0 Å². The summed E-state index contributed by atoms with van der Waals surface area (Å²) < 4.78 is 26.8. The fraction of sp³-hybridized carbons (Fsp3) is 0.316. The molecule has 1 fully saturated rings. The molecular formula is C19H22N4O5S. The Hall–Kier alpha value is -2.98. The van der Waals surface area contributed by atoms with Crippen molar-refractivity contribution in [2.45, 2.75) is 24.2 Å². The van der Waals surface area contributed by atoms with Crippen molar-refractivity contribution in [2.75, 3.05) is 30.8 Å². The lowest BCUT2D eigenvalue weighted by atomic mass is 10.1. The highest BCUT2D eigenvalue weighted by Crippen LogP contribution is 2.26. The van der Waals surface area contributed by atoms with E-state index in [0.29, 0.717) is 24.5 Å². The maximum absolute atomic E-state index is 12.7. The highest BCUT2D eigenvalue weighted by Gasteiger charge is 2.25. The molecule has 1 amide bonds. The van der Waals surface area contributed by atoms with Crippen LogP contribution >= 0.6 is 0 Å². The highest BCUT2D eigenvalue weighted by molar-refractivity contribution is 7.89. The Balaban J connectivity index is 1.75. The molecule has 154 valence electrons. The Labute approximate surface area is 168 Å². The lowest BCUT2D eigenvalue weighted by Gasteiger charge is -2.25. The number of carbonyl (C=O) groups excluding carboxylic acids is 1. The van der Waals surface area contributed by atoms with Gasteiger partial charge in [-0.2, -0.15) is 4.31 Å². The van der Waals surface area contributed by atoms with Gasteiger partial charge in [-0.05, 0) is 49.2 Å². The summed E-state index contributed by atoms with van der Waals surface area (Å²) in [6, 6.07) is 10.0. The first-order valence-electron chi connectivity index (χ1n) is 9.20. The fourth-order valence-electron chi connectivity index (χ4n) is 3.20. The molecule has 0 aliphatic carbocycles. The molecule has 1 aliphatic rings. The number of hydrogen-bond donors (Lipinski definition) is 2. The molecule has 1 saturated heterocycles. The molecule has 0 aromatic heterocycles. The van der Waals surface area contributed by atoms with E-state index in [1.54, 1.807) is 7.05 Å². The standard InChI is InChI=1S/C19H22N4O5S/c1-20-17-10-5-14(13-18(17)23(25)26)19(24)21-15-6-8-16(9-7-15)29(27,28)22-11-3-2-4-12-22/h5-10,13,20H,2-4,11-12H2,1H3,(H,21,24). The summed E-state index contributed by atoms with van der Waals surface area (Å²) in [6.45, 7) is 1.03. The smallest absolute Gasteiger partial charge is 0.293 e. The predicted octanol–water partition coefficient (Wildman–Crippen LogP) is 3.06. The van der Waals surface area contributed by atoms with E-state index in [-0.39, 0.29) is 16.1 Å². The van der Waals surface area contributed by atoms with Crippen LogP contribution < -0.4 is 10.6 Å². The van der Waals surface area contributed by atoms with E-state index in [1.165, 1.54) is 46.8 Å². The molecule has 1 aliphatic heterocycles. The Morgan fingerprint density at radius 3 is 2.31 bits per heavy atom. The number of nitrogens with one attached hydrogen (secondary N) is 2. The van der Waals surface area contributed by atoms with E-state index < -0.39 is 20.9 Å². The number of nitro groups is 1. The van der Waals surface area contributed by atoms with Crippen molar-refractivity contribution in [3.63, 3.8) is 0 Å². The second kappa shape index (κ2) is 8.58. The van der Waals surface area contributed by atoms with Gasteiger partial charge in [0.2, 0.25) is 10.0 Å². The Morgan fingerprint density at radius 1 is 1.07 bits per heavy atom. The molecule has 9 nitrogen and oxygen atoms in total. The number of benzene rings is 2. The van der Waals surface area contributed by atoms with Gasteiger partial charge in [0.25, 0.3) is 11.6 Å². The van der Waals surface area contributed by atoms with Crippen LogP contribution in [0.3, 0.4) is 0 Å². The van der Waals surface area contributed by atoms with Crippen LogP contribution in [-0.4, -0.2) is 43.7 Å². The third-order valence-electron chi connectivity index (χ3n) is 4.79. The second-order valence-corrected chi connectivity index (χ2v) is 8.62.